The molecule has 1 saturated carbocycles. The molecule has 1 aliphatic heterocycles. The number of rotatable bonds is 9. The minimum absolute atomic E-state index is 0.0128. The van der Waals surface area contributed by atoms with Crippen LogP contribution in [0, 0.1) is 17.7 Å². The molecule has 0 amide bonds. The van der Waals surface area contributed by atoms with Gasteiger partial charge >= 0.3 is 0 Å². The second-order valence-corrected chi connectivity index (χ2v) is 8.96. The Labute approximate surface area is 171 Å². The molecule has 0 aromatic heterocycles. The lowest BCUT2D eigenvalue weighted by Gasteiger charge is -2.37. The van der Waals surface area contributed by atoms with E-state index in [0.29, 0.717) is 17.8 Å². The lowest BCUT2D eigenvalue weighted by Crippen LogP contribution is -2.38. The molecule has 0 bridgehead atoms. The second kappa shape index (κ2) is 11.3. The van der Waals surface area contributed by atoms with Crippen LogP contribution >= 0.6 is 0 Å². The summed E-state index contributed by atoms with van der Waals surface area (Å²) < 4.78 is 26.6. The predicted molar refractivity (Wildman–Crippen MR) is 113 cm³/mol. The molecule has 0 unspecified atom stereocenters. The molecule has 28 heavy (non-hydrogen) atoms. The fourth-order valence-corrected chi connectivity index (χ4v) is 4.79. The van der Waals surface area contributed by atoms with Crippen LogP contribution in [0.1, 0.15) is 95.1 Å². The average Bonchev–Trinajstić information content (AvgIpc) is 2.74. The Morgan fingerprint density at radius 3 is 2.29 bits per heavy atom. The summed E-state index contributed by atoms with van der Waals surface area (Å²) in [5.74, 6) is 1.55. The molecule has 3 heteroatoms. The molecule has 2 fully saturated rings. The van der Waals surface area contributed by atoms with E-state index in [-0.39, 0.29) is 12.1 Å². The smallest absolute Gasteiger partial charge is 0.160 e. The van der Waals surface area contributed by atoms with Gasteiger partial charge in [0.2, 0.25) is 0 Å². The topological polar surface area (TPSA) is 18.5 Å². The van der Waals surface area contributed by atoms with Crippen molar-refractivity contribution >= 4 is 0 Å². The summed E-state index contributed by atoms with van der Waals surface area (Å²) >= 11 is 0. The van der Waals surface area contributed by atoms with Crippen LogP contribution in [-0.4, -0.2) is 19.5 Å². The number of hydrogen-bond acceptors (Lipinski definition) is 2. The van der Waals surface area contributed by atoms with Crippen molar-refractivity contribution in [2.75, 3.05) is 13.2 Å². The van der Waals surface area contributed by atoms with Crippen molar-refractivity contribution in [1.29, 1.82) is 0 Å². The van der Waals surface area contributed by atoms with Crippen molar-refractivity contribution in [1.82, 2.24) is 0 Å². The highest BCUT2D eigenvalue weighted by molar-refractivity contribution is 5.27. The van der Waals surface area contributed by atoms with Gasteiger partial charge in [-0.2, -0.15) is 0 Å². The third-order valence-electron chi connectivity index (χ3n) is 6.71. The van der Waals surface area contributed by atoms with Gasteiger partial charge in [-0.25, -0.2) is 4.39 Å². The van der Waals surface area contributed by atoms with E-state index < -0.39 is 0 Å². The van der Waals surface area contributed by atoms with Gasteiger partial charge in [0, 0.05) is 11.8 Å². The summed E-state index contributed by atoms with van der Waals surface area (Å²) in [6.45, 7) is 6.12. The van der Waals surface area contributed by atoms with Gasteiger partial charge in [-0.3, -0.25) is 0 Å². The van der Waals surface area contributed by atoms with Crippen molar-refractivity contribution < 1.29 is 13.9 Å². The van der Waals surface area contributed by atoms with Crippen LogP contribution in [-0.2, 0) is 15.9 Å². The molecule has 158 valence electrons. The van der Waals surface area contributed by atoms with Gasteiger partial charge in [0.05, 0.1) is 13.2 Å². The molecular weight excluding hydrogens is 351 g/mol. The SMILES string of the molecule is CCCCCC1COC(C2CCC(c3ccc(CCCC)c(F)c3)CC2)OC1. The lowest BCUT2D eigenvalue weighted by atomic mass is 9.78. The lowest BCUT2D eigenvalue weighted by molar-refractivity contribution is -0.229. The maximum atomic E-state index is 14.4. The van der Waals surface area contributed by atoms with E-state index in [9.17, 15) is 4.39 Å². The van der Waals surface area contributed by atoms with Gasteiger partial charge in [0.1, 0.15) is 5.82 Å². The van der Waals surface area contributed by atoms with Gasteiger partial charge in [-0.1, -0.05) is 51.7 Å². The van der Waals surface area contributed by atoms with Crippen molar-refractivity contribution in [3.63, 3.8) is 0 Å². The molecule has 0 N–H and O–H groups in total. The summed E-state index contributed by atoms with van der Waals surface area (Å²) in [6.07, 6.45) is 12.6. The van der Waals surface area contributed by atoms with E-state index in [1.54, 1.807) is 6.07 Å². The largest absolute Gasteiger partial charge is 0.352 e. The fourth-order valence-electron chi connectivity index (χ4n) is 4.79. The van der Waals surface area contributed by atoms with E-state index in [4.69, 9.17) is 9.47 Å². The highest BCUT2D eigenvalue weighted by atomic mass is 19.1. The van der Waals surface area contributed by atoms with Crippen LogP contribution in [0.4, 0.5) is 4.39 Å². The normalized spacial score (nSPS) is 28.4. The standard InChI is InChI=1S/C25H39FO2/c1-3-5-7-8-19-17-27-25(28-18-19)22-13-10-20(11-14-22)23-15-12-21(9-6-4-2)24(26)16-23/h12,15-16,19-20,22,25H,3-11,13-14,17-18H2,1-2H3. The van der Waals surface area contributed by atoms with Gasteiger partial charge < -0.3 is 9.47 Å². The molecule has 2 aliphatic rings. The molecule has 0 atom stereocenters. The molecule has 1 aliphatic carbocycles. The third-order valence-corrected chi connectivity index (χ3v) is 6.71. The zero-order chi connectivity index (χ0) is 19.8. The quantitative estimate of drug-likeness (QED) is 0.422. The minimum Gasteiger partial charge on any atom is -0.352 e. The van der Waals surface area contributed by atoms with E-state index in [1.165, 1.54) is 31.2 Å². The zero-order valence-corrected chi connectivity index (χ0v) is 17.9. The number of unbranched alkanes of at least 4 members (excludes halogenated alkanes) is 3. The van der Waals surface area contributed by atoms with E-state index in [1.807, 2.05) is 6.07 Å². The van der Waals surface area contributed by atoms with E-state index in [0.717, 1.165) is 63.7 Å². The van der Waals surface area contributed by atoms with Crippen LogP contribution in [0.5, 0.6) is 0 Å². The van der Waals surface area contributed by atoms with E-state index in [2.05, 4.69) is 19.9 Å². The van der Waals surface area contributed by atoms with Crippen molar-refractivity contribution in [3.8, 4) is 0 Å². The first-order valence-corrected chi connectivity index (χ1v) is 11.7. The van der Waals surface area contributed by atoms with Crippen LogP contribution in [0.2, 0.25) is 0 Å². The van der Waals surface area contributed by atoms with Crippen LogP contribution < -0.4 is 0 Å². The molecular formula is C25H39FO2. The number of halogens is 1. The summed E-state index contributed by atoms with van der Waals surface area (Å²) in [5, 5.41) is 0. The highest BCUT2D eigenvalue weighted by Gasteiger charge is 2.32. The summed E-state index contributed by atoms with van der Waals surface area (Å²) in [5.41, 5.74) is 2.05. The van der Waals surface area contributed by atoms with Gasteiger partial charge in [-0.15, -0.1) is 0 Å². The third kappa shape index (κ3) is 6.03. The van der Waals surface area contributed by atoms with Gasteiger partial charge in [-0.05, 0) is 68.1 Å². The molecule has 1 aromatic carbocycles. The van der Waals surface area contributed by atoms with Gasteiger partial charge in [0.15, 0.2) is 6.29 Å². The summed E-state index contributed by atoms with van der Waals surface area (Å²) in [7, 11) is 0. The maximum absolute atomic E-state index is 14.4. The maximum Gasteiger partial charge on any atom is 0.160 e. The van der Waals surface area contributed by atoms with Gasteiger partial charge in [0.25, 0.3) is 0 Å². The molecule has 1 heterocycles. The minimum atomic E-state index is -0.0171. The molecule has 1 aromatic rings. The Bertz CT molecular complexity index is 572. The molecule has 0 spiro atoms. The number of aryl methyl sites for hydroxylation is 1. The Hall–Kier alpha value is -0.930. The summed E-state index contributed by atoms with van der Waals surface area (Å²) in [6, 6.07) is 5.97. The average molecular weight is 391 g/mol. The van der Waals surface area contributed by atoms with Crippen LogP contribution in [0.3, 0.4) is 0 Å². The predicted octanol–water partition coefficient (Wildman–Crippen LogP) is 7.01. The van der Waals surface area contributed by atoms with Crippen molar-refractivity contribution in [3.05, 3.63) is 35.1 Å². The molecule has 0 radical (unpaired) electrons. The Morgan fingerprint density at radius 2 is 1.64 bits per heavy atom. The second-order valence-electron chi connectivity index (χ2n) is 8.96. The summed E-state index contributed by atoms with van der Waals surface area (Å²) in [4.78, 5) is 0. The molecule has 3 rings (SSSR count). The van der Waals surface area contributed by atoms with Crippen LogP contribution in [0.25, 0.3) is 0 Å². The monoisotopic (exact) mass is 390 g/mol. The Morgan fingerprint density at radius 1 is 0.929 bits per heavy atom. The zero-order valence-electron chi connectivity index (χ0n) is 17.9. The Kier molecular flexibility index (Phi) is 8.79. The number of hydrogen-bond donors (Lipinski definition) is 0. The number of ether oxygens (including phenoxy) is 2. The molecule has 1 saturated heterocycles. The highest BCUT2D eigenvalue weighted by Crippen LogP contribution is 2.39. The Balaban J connectivity index is 1.43. The number of benzene rings is 1. The molecule has 2 nitrogen and oxygen atoms in total. The first kappa shape index (κ1) is 21.8. The first-order valence-electron chi connectivity index (χ1n) is 11.7. The van der Waals surface area contributed by atoms with E-state index >= 15 is 0 Å². The van der Waals surface area contributed by atoms with Crippen molar-refractivity contribution in [2.24, 2.45) is 11.8 Å². The van der Waals surface area contributed by atoms with Crippen LogP contribution in [0.15, 0.2) is 18.2 Å². The fraction of sp³-hybridized carbons (Fsp3) is 0.760. The van der Waals surface area contributed by atoms with Crippen molar-refractivity contribution in [2.45, 2.75) is 96.7 Å². The first-order chi connectivity index (χ1) is 13.7.